The SMILES string of the molecule is C=CC.Cc1ccc(O)cc1. The summed E-state index contributed by atoms with van der Waals surface area (Å²) in [5, 5.41) is 8.76. The van der Waals surface area contributed by atoms with Gasteiger partial charge in [0.05, 0.1) is 0 Å². The molecule has 0 unspecified atom stereocenters. The number of benzene rings is 1. The van der Waals surface area contributed by atoms with Crippen LogP contribution in [0.25, 0.3) is 0 Å². The van der Waals surface area contributed by atoms with E-state index in [1.54, 1.807) is 18.2 Å². The molecular formula is C10H14O. The van der Waals surface area contributed by atoms with Gasteiger partial charge in [0.1, 0.15) is 5.75 Å². The number of aromatic hydroxyl groups is 1. The molecule has 0 aliphatic heterocycles. The molecule has 0 amide bonds. The van der Waals surface area contributed by atoms with Crippen LogP contribution in [0.3, 0.4) is 0 Å². The molecular weight excluding hydrogens is 136 g/mol. The van der Waals surface area contributed by atoms with Crippen LogP contribution in [0.5, 0.6) is 5.75 Å². The zero-order valence-corrected chi connectivity index (χ0v) is 7.04. The second kappa shape index (κ2) is 5.54. The molecule has 11 heavy (non-hydrogen) atoms. The van der Waals surface area contributed by atoms with Crippen molar-refractivity contribution in [2.24, 2.45) is 0 Å². The van der Waals surface area contributed by atoms with Crippen LogP contribution in [-0.2, 0) is 0 Å². The third-order valence-electron chi connectivity index (χ3n) is 1.03. The van der Waals surface area contributed by atoms with Gasteiger partial charge in [-0.1, -0.05) is 23.8 Å². The molecule has 1 heteroatoms. The summed E-state index contributed by atoms with van der Waals surface area (Å²) in [6.45, 7) is 7.24. The Labute approximate surface area is 68.0 Å². The highest BCUT2D eigenvalue weighted by molar-refractivity contribution is 5.24. The number of hydrogen-bond donors (Lipinski definition) is 1. The monoisotopic (exact) mass is 150 g/mol. The fraction of sp³-hybridized carbons (Fsp3) is 0.200. The average molecular weight is 150 g/mol. The van der Waals surface area contributed by atoms with Gasteiger partial charge in [0.25, 0.3) is 0 Å². The Hall–Kier alpha value is -1.24. The Morgan fingerprint density at radius 2 is 1.64 bits per heavy atom. The zero-order valence-electron chi connectivity index (χ0n) is 7.04. The molecule has 0 spiro atoms. The summed E-state index contributed by atoms with van der Waals surface area (Å²) in [7, 11) is 0. The van der Waals surface area contributed by atoms with Gasteiger partial charge in [-0.2, -0.15) is 0 Å². The Kier molecular flexibility index (Phi) is 4.91. The van der Waals surface area contributed by atoms with Gasteiger partial charge in [-0.25, -0.2) is 0 Å². The van der Waals surface area contributed by atoms with Crippen LogP contribution in [0.15, 0.2) is 36.9 Å². The molecule has 0 heterocycles. The maximum absolute atomic E-state index is 8.76. The smallest absolute Gasteiger partial charge is 0.115 e. The van der Waals surface area contributed by atoms with E-state index in [-0.39, 0.29) is 0 Å². The molecule has 1 aromatic carbocycles. The second-order valence-electron chi connectivity index (χ2n) is 2.24. The Bertz CT molecular complexity index is 178. The first-order valence-electron chi connectivity index (χ1n) is 3.53. The molecule has 1 rings (SSSR count). The molecule has 0 atom stereocenters. The predicted octanol–water partition coefficient (Wildman–Crippen LogP) is 2.89. The van der Waals surface area contributed by atoms with Crippen LogP contribution in [-0.4, -0.2) is 5.11 Å². The molecule has 0 saturated carbocycles. The van der Waals surface area contributed by atoms with Crippen molar-refractivity contribution in [3.05, 3.63) is 42.5 Å². The molecule has 1 N–H and O–H groups in total. The van der Waals surface area contributed by atoms with Crippen LogP contribution in [0, 0.1) is 6.92 Å². The standard InChI is InChI=1S/C7H8O.C3H6/c1-6-2-4-7(8)5-3-6;1-3-2/h2-5,8H,1H3;3H,1H2,2H3. The van der Waals surface area contributed by atoms with Gasteiger partial charge in [0, 0.05) is 0 Å². The van der Waals surface area contributed by atoms with Gasteiger partial charge in [-0.15, -0.1) is 6.58 Å². The van der Waals surface area contributed by atoms with Crippen molar-refractivity contribution in [2.45, 2.75) is 13.8 Å². The molecule has 1 aromatic rings. The number of aryl methyl sites for hydroxylation is 1. The first kappa shape index (κ1) is 9.76. The number of phenols is 1. The lowest BCUT2D eigenvalue weighted by Gasteiger charge is -1.89. The minimum absolute atomic E-state index is 0.329. The van der Waals surface area contributed by atoms with Crippen molar-refractivity contribution < 1.29 is 5.11 Å². The van der Waals surface area contributed by atoms with Crippen molar-refractivity contribution in [2.75, 3.05) is 0 Å². The van der Waals surface area contributed by atoms with Crippen molar-refractivity contribution in [3.8, 4) is 5.75 Å². The molecule has 0 saturated heterocycles. The summed E-state index contributed by atoms with van der Waals surface area (Å²) in [6.07, 6.45) is 1.75. The lowest BCUT2D eigenvalue weighted by molar-refractivity contribution is 0.475. The van der Waals surface area contributed by atoms with Crippen molar-refractivity contribution in [1.29, 1.82) is 0 Å². The van der Waals surface area contributed by atoms with E-state index in [1.807, 2.05) is 26.0 Å². The quantitative estimate of drug-likeness (QED) is 0.564. The van der Waals surface area contributed by atoms with E-state index >= 15 is 0 Å². The third kappa shape index (κ3) is 5.22. The molecule has 0 aromatic heterocycles. The lowest BCUT2D eigenvalue weighted by atomic mass is 10.2. The van der Waals surface area contributed by atoms with Gasteiger partial charge in [0.2, 0.25) is 0 Å². The van der Waals surface area contributed by atoms with Crippen LogP contribution in [0.4, 0.5) is 0 Å². The van der Waals surface area contributed by atoms with E-state index in [2.05, 4.69) is 6.58 Å². The maximum Gasteiger partial charge on any atom is 0.115 e. The van der Waals surface area contributed by atoms with Crippen LogP contribution in [0.2, 0.25) is 0 Å². The zero-order chi connectivity index (χ0) is 8.69. The topological polar surface area (TPSA) is 20.2 Å². The van der Waals surface area contributed by atoms with Gasteiger partial charge in [0.15, 0.2) is 0 Å². The summed E-state index contributed by atoms with van der Waals surface area (Å²) in [4.78, 5) is 0. The van der Waals surface area contributed by atoms with E-state index in [1.165, 1.54) is 5.56 Å². The highest BCUT2D eigenvalue weighted by Gasteiger charge is 1.82. The van der Waals surface area contributed by atoms with Gasteiger partial charge >= 0.3 is 0 Å². The number of rotatable bonds is 0. The molecule has 60 valence electrons. The largest absolute Gasteiger partial charge is 0.508 e. The van der Waals surface area contributed by atoms with Crippen LogP contribution >= 0.6 is 0 Å². The van der Waals surface area contributed by atoms with E-state index < -0.39 is 0 Å². The van der Waals surface area contributed by atoms with Crippen LogP contribution in [0.1, 0.15) is 12.5 Å². The third-order valence-corrected chi connectivity index (χ3v) is 1.03. The Morgan fingerprint density at radius 1 is 1.27 bits per heavy atom. The summed E-state index contributed by atoms with van der Waals surface area (Å²) >= 11 is 0. The minimum Gasteiger partial charge on any atom is -0.508 e. The molecule has 0 bridgehead atoms. The van der Waals surface area contributed by atoms with E-state index in [0.717, 1.165) is 0 Å². The predicted molar refractivity (Wildman–Crippen MR) is 48.7 cm³/mol. The minimum atomic E-state index is 0.329. The highest BCUT2D eigenvalue weighted by atomic mass is 16.3. The summed E-state index contributed by atoms with van der Waals surface area (Å²) < 4.78 is 0. The van der Waals surface area contributed by atoms with Crippen LogP contribution < -0.4 is 0 Å². The van der Waals surface area contributed by atoms with Crippen molar-refractivity contribution in [3.63, 3.8) is 0 Å². The summed E-state index contributed by atoms with van der Waals surface area (Å²) in [5.74, 6) is 0.329. The Balaban J connectivity index is 0.000000292. The van der Waals surface area contributed by atoms with E-state index in [0.29, 0.717) is 5.75 Å². The maximum atomic E-state index is 8.76. The molecule has 0 radical (unpaired) electrons. The summed E-state index contributed by atoms with van der Waals surface area (Å²) in [6, 6.07) is 7.09. The molecule has 0 fully saturated rings. The normalized spacial score (nSPS) is 7.82. The van der Waals surface area contributed by atoms with Crippen molar-refractivity contribution >= 4 is 0 Å². The second-order valence-corrected chi connectivity index (χ2v) is 2.24. The number of hydrogen-bond acceptors (Lipinski definition) is 1. The Morgan fingerprint density at radius 3 is 1.91 bits per heavy atom. The van der Waals surface area contributed by atoms with E-state index in [4.69, 9.17) is 5.11 Å². The number of allylic oxidation sites excluding steroid dienone is 1. The first-order chi connectivity index (χ1) is 5.20. The first-order valence-corrected chi connectivity index (χ1v) is 3.53. The lowest BCUT2D eigenvalue weighted by Crippen LogP contribution is -1.66. The highest BCUT2D eigenvalue weighted by Crippen LogP contribution is 2.07. The fourth-order valence-corrected chi connectivity index (χ4v) is 0.545. The van der Waals surface area contributed by atoms with E-state index in [9.17, 15) is 0 Å². The summed E-state index contributed by atoms with van der Waals surface area (Å²) in [5.41, 5.74) is 1.17. The average Bonchev–Trinajstić information content (AvgIpc) is 1.97. The molecule has 0 aliphatic rings. The molecule has 1 nitrogen and oxygen atoms in total. The van der Waals surface area contributed by atoms with Gasteiger partial charge in [-0.3, -0.25) is 0 Å². The van der Waals surface area contributed by atoms with Crippen molar-refractivity contribution in [1.82, 2.24) is 0 Å². The van der Waals surface area contributed by atoms with Gasteiger partial charge in [-0.05, 0) is 26.0 Å². The molecule has 0 aliphatic carbocycles. The fourth-order valence-electron chi connectivity index (χ4n) is 0.545. The number of phenolic OH excluding ortho intramolecular Hbond substituents is 1. The van der Waals surface area contributed by atoms with Gasteiger partial charge < -0.3 is 5.11 Å².